The van der Waals surface area contributed by atoms with Crippen molar-refractivity contribution in [3.63, 3.8) is 0 Å². The molecule has 156 valence electrons. The van der Waals surface area contributed by atoms with Crippen LogP contribution in [0.3, 0.4) is 0 Å². The molecule has 2 aromatic rings. The minimum absolute atomic E-state index is 0.0589. The zero-order chi connectivity index (χ0) is 20.6. The lowest BCUT2D eigenvalue weighted by Gasteiger charge is -2.28. The molecule has 0 radical (unpaired) electrons. The smallest absolute Gasteiger partial charge is 0.248 e. The van der Waals surface area contributed by atoms with E-state index in [1.54, 1.807) is 12.5 Å². The molecule has 3 heterocycles. The fourth-order valence-corrected chi connectivity index (χ4v) is 3.90. The quantitative estimate of drug-likeness (QED) is 0.819. The Bertz CT molecular complexity index is 871. The van der Waals surface area contributed by atoms with E-state index in [-0.39, 0.29) is 24.9 Å². The second-order valence-corrected chi connectivity index (χ2v) is 7.93. The van der Waals surface area contributed by atoms with E-state index in [1.165, 1.54) is 0 Å². The monoisotopic (exact) mass is 403 g/mol. The number of anilines is 2. The van der Waals surface area contributed by atoms with Crippen LogP contribution in [0.1, 0.15) is 50.4 Å². The van der Waals surface area contributed by atoms with Gasteiger partial charge in [-0.05, 0) is 25.8 Å². The first kappa shape index (κ1) is 19.6. The lowest BCUT2D eigenvalue weighted by molar-refractivity contribution is -0.0439. The number of nitrogens with one attached hydrogen (secondary N) is 1. The molecule has 2 aromatic heterocycles. The van der Waals surface area contributed by atoms with E-state index in [0.29, 0.717) is 18.8 Å². The molecule has 2 fully saturated rings. The Morgan fingerprint density at radius 3 is 2.69 bits per heavy atom. The van der Waals surface area contributed by atoms with Crippen molar-refractivity contribution in [1.82, 2.24) is 24.4 Å². The molecule has 9 heteroatoms. The van der Waals surface area contributed by atoms with E-state index in [9.17, 15) is 8.78 Å². The Morgan fingerprint density at radius 1 is 1.24 bits per heavy atom. The third kappa shape index (κ3) is 4.18. The number of hydrogen-bond donors (Lipinski definition) is 1. The molecular weight excluding hydrogens is 376 g/mol. The van der Waals surface area contributed by atoms with Crippen molar-refractivity contribution in [2.24, 2.45) is 0 Å². The van der Waals surface area contributed by atoms with Gasteiger partial charge in [-0.2, -0.15) is 4.98 Å². The number of alkyl halides is 2. The van der Waals surface area contributed by atoms with Crippen LogP contribution in [-0.2, 0) is 0 Å². The predicted molar refractivity (Wildman–Crippen MR) is 108 cm³/mol. The van der Waals surface area contributed by atoms with Gasteiger partial charge in [-0.25, -0.2) is 18.7 Å². The summed E-state index contributed by atoms with van der Waals surface area (Å²) in [5.41, 5.74) is 0.835. The first-order chi connectivity index (χ1) is 13.8. The van der Waals surface area contributed by atoms with Crippen LogP contribution < -0.4 is 10.2 Å². The molecule has 29 heavy (non-hydrogen) atoms. The summed E-state index contributed by atoms with van der Waals surface area (Å²) in [4.78, 5) is 17.6. The van der Waals surface area contributed by atoms with Crippen molar-refractivity contribution >= 4 is 11.8 Å². The molecule has 1 aliphatic carbocycles. The third-order valence-corrected chi connectivity index (χ3v) is 5.85. The third-order valence-electron chi connectivity index (χ3n) is 5.85. The predicted octanol–water partition coefficient (Wildman–Crippen LogP) is 3.82. The van der Waals surface area contributed by atoms with Gasteiger partial charge in [-0.3, -0.25) is 0 Å². The van der Waals surface area contributed by atoms with Gasteiger partial charge in [0.25, 0.3) is 0 Å². The molecule has 0 bridgehead atoms. The standard InChI is InChI=1S/C20H27F2N7/c1-14(17-12-28(13-24-17)16-4-7-20(21,22)8-5-16)25-19-23-9-6-18(26-19)29-11-10-27(3)15(29)2/h6,9,12-14,16H,2,4-5,7-8,10-11H2,1,3H3,(H,23,25,26). The molecule has 0 spiro atoms. The molecule has 1 unspecified atom stereocenters. The van der Waals surface area contributed by atoms with Gasteiger partial charge in [0.1, 0.15) is 11.6 Å². The van der Waals surface area contributed by atoms with Gasteiger partial charge in [-0.15, -0.1) is 0 Å². The Morgan fingerprint density at radius 2 is 2.00 bits per heavy atom. The second kappa shape index (κ2) is 7.61. The van der Waals surface area contributed by atoms with Gasteiger partial charge in [0.05, 0.1) is 18.1 Å². The molecule has 1 aliphatic heterocycles. The van der Waals surface area contributed by atoms with Crippen LogP contribution in [-0.4, -0.2) is 50.5 Å². The Balaban J connectivity index is 1.41. The molecule has 7 nitrogen and oxygen atoms in total. The molecule has 1 N–H and O–H groups in total. The van der Waals surface area contributed by atoms with Gasteiger partial charge in [0, 0.05) is 51.4 Å². The van der Waals surface area contributed by atoms with E-state index in [2.05, 4.69) is 36.6 Å². The van der Waals surface area contributed by atoms with Gasteiger partial charge in [0.15, 0.2) is 0 Å². The normalized spacial score (nSPS) is 20.9. The summed E-state index contributed by atoms with van der Waals surface area (Å²) in [6, 6.07) is 1.84. The first-order valence-electron chi connectivity index (χ1n) is 10.0. The first-order valence-corrected chi connectivity index (χ1v) is 10.0. The van der Waals surface area contributed by atoms with Crippen molar-refractivity contribution in [2.75, 3.05) is 30.4 Å². The summed E-state index contributed by atoms with van der Waals surface area (Å²) in [6.07, 6.45) is 6.24. The summed E-state index contributed by atoms with van der Waals surface area (Å²) in [5.74, 6) is -0.284. The van der Waals surface area contributed by atoms with E-state index in [4.69, 9.17) is 0 Å². The number of nitrogens with zero attached hydrogens (tertiary/aromatic N) is 6. The molecule has 2 aliphatic rings. The summed E-state index contributed by atoms with van der Waals surface area (Å²) >= 11 is 0. The molecule has 0 amide bonds. The zero-order valence-electron chi connectivity index (χ0n) is 16.9. The lowest BCUT2D eigenvalue weighted by Crippen LogP contribution is -2.25. The Kier molecular flexibility index (Phi) is 5.14. The number of halogens is 2. The molecule has 0 aromatic carbocycles. The maximum Gasteiger partial charge on any atom is 0.248 e. The highest BCUT2D eigenvalue weighted by Crippen LogP contribution is 2.38. The number of hydrogen-bond acceptors (Lipinski definition) is 6. The van der Waals surface area contributed by atoms with Crippen LogP contribution in [0.15, 0.2) is 37.2 Å². The number of rotatable bonds is 5. The number of likely N-dealkylation sites (N-methyl/N-ethyl adjacent to an activating group) is 1. The second-order valence-electron chi connectivity index (χ2n) is 7.93. The summed E-state index contributed by atoms with van der Waals surface area (Å²) in [5, 5.41) is 3.29. The average Bonchev–Trinajstić information content (AvgIpc) is 3.30. The summed E-state index contributed by atoms with van der Waals surface area (Å²) in [6.45, 7) is 7.83. The van der Waals surface area contributed by atoms with Gasteiger partial charge in [0.2, 0.25) is 11.9 Å². The van der Waals surface area contributed by atoms with Crippen molar-refractivity contribution in [3.8, 4) is 0 Å². The van der Waals surface area contributed by atoms with Crippen LogP contribution in [0.4, 0.5) is 20.5 Å². The minimum Gasteiger partial charge on any atom is -0.360 e. The maximum atomic E-state index is 13.4. The van der Waals surface area contributed by atoms with Crippen LogP contribution in [0.2, 0.25) is 0 Å². The number of aromatic nitrogens is 4. The van der Waals surface area contributed by atoms with Crippen molar-refractivity contribution in [3.05, 3.63) is 42.9 Å². The van der Waals surface area contributed by atoms with Crippen LogP contribution in [0.25, 0.3) is 0 Å². The largest absolute Gasteiger partial charge is 0.360 e. The van der Waals surface area contributed by atoms with Crippen LogP contribution in [0, 0.1) is 0 Å². The van der Waals surface area contributed by atoms with Gasteiger partial charge < -0.3 is 19.7 Å². The topological polar surface area (TPSA) is 62.1 Å². The van der Waals surface area contributed by atoms with E-state index < -0.39 is 5.92 Å². The van der Waals surface area contributed by atoms with Crippen LogP contribution >= 0.6 is 0 Å². The van der Waals surface area contributed by atoms with Crippen molar-refractivity contribution < 1.29 is 8.78 Å². The van der Waals surface area contributed by atoms with Crippen molar-refractivity contribution in [2.45, 2.75) is 50.6 Å². The summed E-state index contributed by atoms with van der Waals surface area (Å²) in [7, 11) is 2.01. The highest BCUT2D eigenvalue weighted by atomic mass is 19.3. The lowest BCUT2D eigenvalue weighted by atomic mass is 9.92. The van der Waals surface area contributed by atoms with Gasteiger partial charge in [-0.1, -0.05) is 6.58 Å². The molecular formula is C20H27F2N7. The SMILES string of the molecule is C=C1N(C)CCN1c1ccnc(NC(C)c2cn(C3CCC(F)(F)CC3)cn2)n1. The van der Waals surface area contributed by atoms with E-state index in [1.807, 2.05) is 30.8 Å². The number of imidazole rings is 1. The highest BCUT2D eigenvalue weighted by Gasteiger charge is 2.35. The minimum atomic E-state index is -2.52. The van der Waals surface area contributed by atoms with Crippen LogP contribution in [0.5, 0.6) is 0 Å². The fraction of sp³-hybridized carbons (Fsp3) is 0.550. The molecule has 1 saturated carbocycles. The summed E-state index contributed by atoms with van der Waals surface area (Å²) < 4.78 is 28.8. The maximum absolute atomic E-state index is 13.4. The Labute approximate surface area is 169 Å². The average molecular weight is 403 g/mol. The van der Waals surface area contributed by atoms with Gasteiger partial charge >= 0.3 is 0 Å². The van der Waals surface area contributed by atoms with Crippen molar-refractivity contribution in [1.29, 1.82) is 0 Å². The molecule has 4 rings (SSSR count). The fourth-order valence-electron chi connectivity index (χ4n) is 3.90. The molecule has 1 saturated heterocycles. The van der Waals surface area contributed by atoms with E-state index in [0.717, 1.165) is 30.4 Å². The highest BCUT2D eigenvalue weighted by molar-refractivity contribution is 5.49. The zero-order valence-corrected chi connectivity index (χ0v) is 16.9. The Hall–Kier alpha value is -2.71. The van der Waals surface area contributed by atoms with E-state index >= 15 is 0 Å². The molecule has 1 atom stereocenters.